The fourth-order valence-corrected chi connectivity index (χ4v) is 2.94. The molecule has 1 fully saturated rings. The second-order valence-corrected chi connectivity index (χ2v) is 6.62. The highest BCUT2D eigenvalue weighted by atomic mass is 19.4. The molecule has 3 rings (SSSR count). The standard InChI is InChI=1S/C17H16F4N2O/c1-16(2)9-23(22-15(16)24)14(17(19,20)21)12-7-10-5-3-4-6-11(10)8-13(12)18/h3-8,14H,9H2,1-2H3,(H,22,24). The van der Waals surface area contributed by atoms with Crippen LogP contribution in [0, 0.1) is 11.2 Å². The number of nitrogens with zero attached hydrogens (tertiary/aromatic N) is 1. The fourth-order valence-electron chi connectivity index (χ4n) is 2.94. The van der Waals surface area contributed by atoms with Crippen molar-refractivity contribution in [1.82, 2.24) is 10.4 Å². The molecule has 1 aliphatic heterocycles. The molecule has 1 amide bonds. The van der Waals surface area contributed by atoms with E-state index in [9.17, 15) is 22.4 Å². The topological polar surface area (TPSA) is 32.3 Å². The number of amides is 1. The molecule has 3 nitrogen and oxygen atoms in total. The van der Waals surface area contributed by atoms with Gasteiger partial charge in [0.15, 0.2) is 6.04 Å². The monoisotopic (exact) mass is 340 g/mol. The van der Waals surface area contributed by atoms with Crippen LogP contribution >= 0.6 is 0 Å². The van der Waals surface area contributed by atoms with Crippen LogP contribution in [0.1, 0.15) is 25.5 Å². The maximum absolute atomic E-state index is 14.4. The summed E-state index contributed by atoms with van der Waals surface area (Å²) in [6, 6.07) is 6.66. The number of halogens is 4. The van der Waals surface area contributed by atoms with Crippen LogP contribution in [0.2, 0.25) is 0 Å². The number of hydrogen-bond donors (Lipinski definition) is 1. The first-order valence-corrected chi connectivity index (χ1v) is 7.42. The van der Waals surface area contributed by atoms with Gasteiger partial charge >= 0.3 is 6.18 Å². The Kier molecular flexibility index (Phi) is 3.79. The lowest BCUT2D eigenvalue weighted by molar-refractivity contribution is -0.192. The van der Waals surface area contributed by atoms with Crippen molar-refractivity contribution in [3.8, 4) is 0 Å². The number of carbonyl (C=O) groups excluding carboxylic acids is 1. The Morgan fingerprint density at radius 1 is 1.17 bits per heavy atom. The Labute approximate surface area is 136 Å². The molecule has 1 atom stereocenters. The molecule has 0 spiro atoms. The van der Waals surface area contributed by atoms with Crippen LogP contribution in [0.15, 0.2) is 36.4 Å². The minimum Gasteiger partial charge on any atom is -0.287 e. The van der Waals surface area contributed by atoms with E-state index in [1.807, 2.05) is 0 Å². The van der Waals surface area contributed by atoms with E-state index in [1.54, 1.807) is 38.1 Å². The van der Waals surface area contributed by atoms with Crippen LogP contribution in [0.4, 0.5) is 17.6 Å². The molecule has 0 aliphatic carbocycles. The van der Waals surface area contributed by atoms with Crippen LogP contribution in [0.3, 0.4) is 0 Å². The first-order valence-electron chi connectivity index (χ1n) is 7.42. The van der Waals surface area contributed by atoms with Crippen molar-refractivity contribution in [2.75, 3.05) is 6.54 Å². The Morgan fingerprint density at radius 3 is 2.25 bits per heavy atom. The van der Waals surface area contributed by atoms with Crippen molar-refractivity contribution in [2.45, 2.75) is 26.1 Å². The average Bonchev–Trinajstić information content (AvgIpc) is 2.71. The molecule has 1 unspecified atom stereocenters. The molecule has 2 aromatic carbocycles. The van der Waals surface area contributed by atoms with Gasteiger partial charge in [0.1, 0.15) is 5.82 Å². The highest BCUT2D eigenvalue weighted by Crippen LogP contribution is 2.42. The highest BCUT2D eigenvalue weighted by Gasteiger charge is 2.52. The van der Waals surface area contributed by atoms with Crippen LogP contribution < -0.4 is 5.43 Å². The average molecular weight is 340 g/mol. The summed E-state index contributed by atoms with van der Waals surface area (Å²) in [5.74, 6) is -1.46. The van der Waals surface area contributed by atoms with Gasteiger partial charge in [-0.1, -0.05) is 24.3 Å². The van der Waals surface area contributed by atoms with Crippen molar-refractivity contribution in [3.05, 3.63) is 47.8 Å². The molecule has 24 heavy (non-hydrogen) atoms. The molecule has 0 bridgehead atoms. The molecule has 2 aromatic rings. The summed E-state index contributed by atoms with van der Waals surface area (Å²) in [5, 5.41) is 1.80. The number of hydrogen-bond acceptors (Lipinski definition) is 2. The Hall–Kier alpha value is -2.15. The predicted molar refractivity (Wildman–Crippen MR) is 81.3 cm³/mol. The van der Waals surface area contributed by atoms with Crippen molar-refractivity contribution < 1.29 is 22.4 Å². The SMILES string of the molecule is CC1(C)CN(C(c2cc3ccccc3cc2F)C(F)(F)F)NC1=O. The number of carbonyl (C=O) groups is 1. The van der Waals surface area contributed by atoms with Crippen molar-refractivity contribution >= 4 is 16.7 Å². The van der Waals surface area contributed by atoms with Crippen LogP contribution in [-0.2, 0) is 4.79 Å². The molecule has 0 saturated carbocycles. The summed E-state index contributed by atoms with van der Waals surface area (Å²) in [6.45, 7) is 2.93. The molecular weight excluding hydrogens is 324 g/mol. The second-order valence-electron chi connectivity index (χ2n) is 6.62. The number of benzene rings is 2. The smallest absolute Gasteiger partial charge is 0.287 e. The van der Waals surface area contributed by atoms with Crippen LogP contribution in [-0.4, -0.2) is 23.6 Å². The van der Waals surface area contributed by atoms with Gasteiger partial charge < -0.3 is 0 Å². The van der Waals surface area contributed by atoms with Crippen LogP contribution in [0.25, 0.3) is 10.8 Å². The minimum atomic E-state index is -4.74. The largest absolute Gasteiger partial charge is 0.409 e. The van der Waals surface area contributed by atoms with E-state index in [1.165, 1.54) is 6.07 Å². The molecule has 7 heteroatoms. The first kappa shape index (κ1) is 16.7. The van der Waals surface area contributed by atoms with Gasteiger partial charge in [-0.15, -0.1) is 0 Å². The lowest BCUT2D eigenvalue weighted by atomic mass is 9.93. The van der Waals surface area contributed by atoms with Gasteiger partial charge in [0, 0.05) is 12.1 Å². The van der Waals surface area contributed by atoms with E-state index in [-0.39, 0.29) is 6.54 Å². The van der Waals surface area contributed by atoms with Gasteiger partial charge in [0.2, 0.25) is 5.91 Å². The van der Waals surface area contributed by atoms with Gasteiger partial charge in [-0.3, -0.25) is 10.2 Å². The Morgan fingerprint density at radius 2 is 1.75 bits per heavy atom. The molecule has 128 valence electrons. The zero-order valence-electron chi connectivity index (χ0n) is 13.1. The normalized spacial score (nSPS) is 19.5. The molecule has 1 aliphatic rings. The Balaban J connectivity index is 2.11. The summed E-state index contributed by atoms with van der Waals surface area (Å²) in [4.78, 5) is 11.9. The maximum Gasteiger partial charge on any atom is 0.409 e. The number of hydrazine groups is 1. The van der Waals surface area contributed by atoms with Gasteiger partial charge in [0.25, 0.3) is 0 Å². The van der Waals surface area contributed by atoms with E-state index in [0.29, 0.717) is 10.8 Å². The number of fused-ring (bicyclic) bond motifs is 1. The van der Waals surface area contributed by atoms with Gasteiger partial charge in [0.05, 0.1) is 5.41 Å². The quantitative estimate of drug-likeness (QED) is 0.840. The third-order valence-corrected chi connectivity index (χ3v) is 4.21. The van der Waals surface area contributed by atoms with E-state index in [0.717, 1.165) is 11.1 Å². The van der Waals surface area contributed by atoms with Gasteiger partial charge in [-0.25, -0.2) is 9.40 Å². The predicted octanol–water partition coefficient (Wildman–Crippen LogP) is 3.96. The number of nitrogens with one attached hydrogen (secondary N) is 1. The van der Waals surface area contributed by atoms with Crippen molar-refractivity contribution in [3.63, 3.8) is 0 Å². The van der Waals surface area contributed by atoms with E-state index < -0.39 is 34.9 Å². The zero-order chi connectivity index (χ0) is 17.7. The van der Waals surface area contributed by atoms with Crippen molar-refractivity contribution in [1.29, 1.82) is 0 Å². The molecule has 0 aromatic heterocycles. The fraction of sp³-hybridized carbons (Fsp3) is 0.353. The number of alkyl halides is 3. The summed E-state index contributed by atoms with van der Waals surface area (Å²) in [5.41, 5.74) is 0.756. The summed E-state index contributed by atoms with van der Waals surface area (Å²) in [6.07, 6.45) is -4.74. The summed E-state index contributed by atoms with van der Waals surface area (Å²) >= 11 is 0. The lowest BCUT2D eigenvalue weighted by Gasteiger charge is -2.30. The van der Waals surface area contributed by atoms with Gasteiger partial charge in [-0.2, -0.15) is 13.2 Å². The lowest BCUT2D eigenvalue weighted by Crippen LogP contribution is -2.44. The van der Waals surface area contributed by atoms with Crippen molar-refractivity contribution in [2.24, 2.45) is 5.41 Å². The minimum absolute atomic E-state index is 0.164. The molecule has 0 radical (unpaired) electrons. The molecule has 1 N–H and O–H groups in total. The van der Waals surface area contributed by atoms with E-state index in [2.05, 4.69) is 5.43 Å². The summed E-state index contributed by atoms with van der Waals surface area (Å²) < 4.78 is 55.4. The third-order valence-electron chi connectivity index (χ3n) is 4.21. The highest BCUT2D eigenvalue weighted by molar-refractivity contribution is 5.84. The number of rotatable bonds is 2. The molecular formula is C17H16F4N2O. The molecule has 1 heterocycles. The molecule has 1 saturated heterocycles. The second kappa shape index (κ2) is 5.44. The van der Waals surface area contributed by atoms with Gasteiger partial charge in [-0.05, 0) is 36.8 Å². The first-order chi connectivity index (χ1) is 11.1. The maximum atomic E-state index is 14.4. The Bertz CT molecular complexity index is 801. The zero-order valence-corrected chi connectivity index (χ0v) is 13.1. The van der Waals surface area contributed by atoms with E-state index in [4.69, 9.17) is 0 Å². The third kappa shape index (κ3) is 2.84. The van der Waals surface area contributed by atoms with Crippen LogP contribution in [0.5, 0.6) is 0 Å². The summed E-state index contributed by atoms with van der Waals surface area (Å²) in [7, 11) is 0. The van der Waals surface area contributed by atoms with E-state index >= 15 is 0 Å².